The molecule has 1 saturated heterocycles. The molecule has 5 heteroatoms. The molecule has 1 aliphatic rings. The Kier molecular flexibility index (Phi) is 4.35. The van der Waals surface area contributed by atoms with Gasteiger partial charge in [0.1, 0.15) is 5.60 Å². The van der Waals surface area contributed by atoms with Crippen molar-refractivity contribution in [1.82, 2.24) is 9.47 Å². The fraction of sp³-hybridized carbons (Fsp3) is 0.474. The molecule has 0 saturated carbocycles. The van der Waals surface area contributed by atoms with Crippen molar-refractivity contribution in [3.05, 3.63) is 36.0 Å². The molecule has 1 amide bonds. The molecule has 1 aliphatic heterocycles. The van der Waals surface area contributed by atoms with E-state index in [9.17, 15) is 9.59 Å². The summed E-state index contributed by atoms with van der Waals surface area (Å²) in [5.41, 5.74) is 0.878. The minimum Gasteiger partial charge on any atom is -0.443 e. The van der Waals surface area contributed by atoms with E-state index in [4.69, 9.17) is 4.74 Å². The van der Waals surface area contributed by atoms with Crippen LogP contribution in [0.15, 0.2) is 30.5 Å². The second-order valence-electron chi connectivity index (χ2n) is 7.29. The van der Waals surface area contributed by atoms with Crippen LogP contribution in [-0.4, -0.2) is 40.2 Å². The van der Waals surface area contributed by atoms with Crippen molar-refractivity contribution in [3.8, 4) is 0 Å². The van der Waals surface area contributed by atoms with Gasteiger partial charge < -0.3 is 9.64 Å². The molecule has 0 bridgehead atoms. The molecular weight excluding hydrogens is 304 g/mol. The Balaban J connectivity index is 1.85. The van der Waals surface area contributed by atoms with Crippen molar-refractivity contribution < 1.29 is 14.3 Å². The third-order valence-corrected chi connectivity index (χ3v) is 4.17. The van der Waals surface area contributed by atoms with Gasteiger partial charge in [0.15, 0.2) is 0 Å². The van der Waals surface area contributed by atoms with Crippen LogP contribution in [0.3, 0.4) is 0 Å². The fourth-order valence-electron chi connectivity index (χ4n) is 3.03. The van der Waals surface area contributed by atoms with Crippen molar-refractivity contribution in [2.24, 2.45) is 0 Å². The van der Waals surface area contributed by atoms with Gasteiger partial charge in [0, 0.05) is 30.2 Å². The highest BCUT2D eigenvalue weighted by Crippen LogP contribution is 2.21. The van der Waals surface area contributed by atoms with Gasteiger partial charge in [-0.05, 0) is 64.3 Å². The molecular formula is C19H24N2O3. The van der Waals surface area contributed by atoms with E-state index < -0.39 is 11.7 Å². The van der Waals surface area contributed by atoms with E-state index in [1.807, 2.05) is 43.9 Å². The highest BCUT2D eigenvalue weighted by Gasteiger charge is 2.21. The van der Waals surface area contributed by atoms with Gasteiger partial charge in [0.2, 0.25) is 0 Å². The van der Waals surface area contributed by atoms with Gasteiger partial charge in [-0.25, -0.2) is 4.79 Å². The van der Waals surface area contributed by atoms with Crippen LogP contribution in [0.1, 0.15) is 50.4 Å². The maximum Gasteiger partial charge on any atom is 0.418 e. The summed E-state index contributed by atoms with van der Waals surface area (Å²) in [6.07, 6.45) is 4.62. The molecule has 3 rings (SSSR count). The van der Waals surface area contributed by atoms with Gasteiger partial charge in [-0.3, -0.25) is 9.36 Å². The normalized spacial score (nSPS) is 15.5. The largest absolute Gasteiger partial charge is 0.443 e. The molecule has 0 radical (unpaired) electrons. The Morgan fingerprint density at radius 2 is 1.75 bits per heavy atom. The average molecular weight is 328 g/mol. The fourth-order valence-corrected chi connectivity index (χ4v) is 3.03. The smallest absolute Gasteiger partial charge is 0.418 e. The number of aromatic nitrogens is 1. The minimum absolute atomic E-state index is 0.0709. The number of carbonyl (C=O) groups is 2. The summed E-state index contributed by atoms with van der Waals surface area (Å²) in [5.74, 6) is 0.0709. The Labute approximate surface area is 142 Å². The number of hydrogen-bond acceptors (Lipinski definition) is 3. The zero-order valence-electron chi connectivity index (χ0n) is 14.5. The Morgan fingerprint density at radius 3 is 2.42 bits per heavy atom. The molecule has 2 heterocycles. The number of ether oxygens (including phenoxy) is 1. The average Bonchev–Trinajstić information content (AvgIpc) is 2.96. The van der Waals surface area contributed by atoms with Crippen LogP contribution in [-0.2, 0) is 4.74 Å². The number of likely N-dealkylation sites (tertiary alicyclic amines) is 1. The first-order valence-electron chi connectivity index (χ1n) is 8.49. The Morgan fingerprint density at radius 1 is 1.04 bits per heavy atom. The van der Waals surface area contributed by atoms with E-state index >= 15 is 0 Å². The van der Waals surface area contributed by atoms with Crippen LogP contribution in [0.5, 0.6) is 0 Å². The van der Waals surface area contributed by atoms with E-state index in [1.165, 1.54) is 11.0 Å². The molecule has 0 unspecified atom stereocenters. The van der Waals surface area contributed by atoms with Crippen LogP contribution in [0, 0.1) is 0 Å². The summed E-state index contributed by atoms with van der Waals surface area (Å²) in [6.45, 7) is 7.18. The van der Waals surface area contributed by atoms with Gasteiger partial charge in [-0.1, -0.05) is 0 Å². The number of rotatable bonds is 1. The molecule has 0 atom stereocenters. The summed E-state index contributed by atoms with van der Waals surface area (Å²) >= 11 is 0. The van der Waals surface area contributed by atoms with Gasteiger partial charge in [0.05, 0.1) is 5.52 Å². The molecule has 1 fully saturated rings. The number of carbonyl (C=O) groups excluding carboxylic acids is 2. The van der Waals surface area contributed by atoms with Gasteiger partial charge in [-0.15, -0.1) is 0 Å². The van der Waals surface area contributed by atoms with Crippen LogP contribution in [0.2, 0.25) is 0 Å². The number of hydrogen-bond donors (Lipinski definition) is 0. The summed E-state index contributed by atoms with van der Waals surface area (Å²) in [6, 6.07) is 7.30. The number of piperidine rings is 1. The lowest BCUT2D eigenvalue weighted by molar-refractivity contribution is 0.0544. The van der Waals surface area contributed by atoms with Gasteiger partial charge in [0.25, 0.3) is 5.91 Å². The van der Waals surface area contributed by atoms with Crippen molar-refractivity contribution in [2.45, 2.75) is 45.6 Å². The van der Waals surface area contributed by atoms with E-state index in [1.54, 1.807) is 12.3 Å². The standard InChI is InChI=1S/C19H24N2O3/c1-19(2,3)24-18(23)21-12-9-14-13-15(7-8-16(14)21)17(22)20-10-5-4-6-11-20/h7-9,12-13H,4-6,10-11H2,1-3H3. The first-order valence-corrected chi connectivity index (χ1v) is 8.49. The van der Waals surface area contributed by atoms with Crippen LogP contribution in [0.25, 0.3) is 10.9 Å². The van der Waals surface area contributed by atoms with E-state index in [0.717, 1.165) is 36.8 Å². The van der Waals surface area contributed by atoms with Crippen LogP contribution in [0.4, 0.5) is 4.79 Å². The first-order chi connectivity index (χ1) is 11.3. The second kappa shape index (κ2) is 6.30. The third kappa shape index (κ3) is 3.45. The molecule has 1 aromatic heterocycles. The van der Waals surface area contributed by atoms with Crippen molar-refractivity contribution in [3.63, 3.8) is 0 Å². The molecule has 1 aromatic carbocycles. The lowest BCUT2D eigenvalue weighted by Gasteiger charge is -2.26. The molecule has 0 N–H and O–H groups in total. The van der Waals surface area contributed by atoms with Crippen molar-refractivity contribution in [1.29, 1.82) is 0 Å². The molecule has 0 aliphatic carbocycles. The lowest BCUT2D eigenvalue weighted by atomic mass is 10.1. The summed E-state index contributed by atoms with van der Waals surface area (Å²) < 4.78 is 6.89. The summed E-state index contributed by atoms with van der Waals surface area (Å²) in [7, 11) is 0. The minimum atomic E-state index is -0.544. The van der Waals surface area contributed by atoms with E-state index in [0.29, 0.717) is 5.56 Å². The lowest BCUT2D eigenvalue weighted by Crippen LogP contribution is -2.35. The van der Waals surface area contributed by atoms with Crippen molar-refractivity contribution in [2.75, 3.05) is 13.1 Å². The predicted molar refractivity (Wildman–Crippen MR) is 93.3 cm³/mol. The third-order valence-electron chi connectivity index (χ3n) is 4.17. The topological polar surface area (TPSA) is 51.5 Å². The molecule has 5 nitrogen and oxygen atoms in total. The van der Waals surface area contributed by atoms with Crippen LogP contribution < -0.4 is 0 Å². The SMILES string of the molecule is CC(C)(C)OC(=O)n1ccc2cc(C(=O)N3CCCCC3)ccc21. The highest BCUT2D eigenvalue weighted by molar-refractivity contribution is 5.99. The number of benzene rings is 1. The predicted octanol–water partition coefficient (Wildman–Crippen LogP) is 4.05. The number of nitrogens with zero attached hydrogens (tertiary/aromatic N) is 2. The molecule has 2 aromatic rings. The maximum absolute atomic E-state index is 12.6. The van der Waals surface area contributed by atoms with Gasteiger partial charge in [-0.2, -0.15) is 0 Å². The maximum atomic E-state index is 12.6. The zero-order chi connectivity index (χ0) is 17.3. The van der Waals surface area contributed by atoms with Crippen LogP contribution >= 0.6 is 0 Å². The molecule has 0 spiro atoms. The van der Waals surface area contributed by atoms with E-state index in [2.05, 4.69) is 0 Å². The monoisotopic (exact) mass is 328 g/mol. The summed E-state index contributed by atoms with van der Waals surface area (Å²) in [4.78, 5) is 26.8. The Hall–Kier alpha value is -2.30. The quantitative estimate of drug-likeness (QED) is 0.793. The zero-order valence-corrected chi connectivity index (χ0v) is 14.5. The molecule has 128 valence electrons. The number of fused-ring (bicyclic) bond motifs is 1. The number of amides is 1. The second-order valence-corrected chi connectivity index (χ2v) is 7.29. The summed E-state index contributed by atoms with van der Waals surface area (Å²) in [5, 5.41) is 0.865. The first kappa shape index (κ1) is 16.6. The Bertz CT molecular complexity index is 765. The highest BCUT2D eigenvalue weighted by atomic mass is 16.6. The van der Waals surface area contributed by atoms with Crippen molar-refractivity contribution >= 4 is 22.9 Å². The molecule has 24 heavy (non-hydrogen) atoms. The van der Waals surface area contributed by atoms with Gasteiger partial charge >= 0.3 is 6.09 Å². The van der Waals surface area contributed by atoms with E-state index in [-0.39, 0.29) is 5.91 Å².